The van der Waals surface area contributed by atoms with Crippen LogP contribution in [0.1, 0.15) is 11.1 Å². The van der Waals surface area contributed by atoms with E-state index in [4.69, 9.17) is 5.26 Å². The summed E-state index contributed by atoms with van der Waals surface area (Å²) in [4.78, 5) is 4.30. The SMILES string of the molecule is Cl.N#Cc1ccc(CSC2=NCCN2)cc1. The van der Waals surface area contributed by atoms with E-state index in [2.05, 4.69) is 16.4 Å². The molecule has 1 N–H and O–H groups in total. The van der Waals surface area contributed by atoms with Gasteiger partial charge in [0, 0.05) is 12.3 Å². The maximum absolute atomic E-state index is 8.65. The van der Waals surface area contributed by atoms with Gasteiger partial charge in [-0.05, 0) is 17.7 Å². The predicted molar refractivity (Wildman–Crippen MR) is 70.0 cm³/mol. The average Bonchev–Trinajstić information content (AvgIpc) is 2.80. The van der Waals surface area contributed by atoms with Crippen molar-refractivity contribution < 1.29 is 0 Å². The summed E-state index contributed by atoms with van der Waals surface area (Å²) in [5.74, 6) is 0.900. The zero-order valence-electron chi connectivity index (χ0n) is 8.64. The molecule has 84 valence electrons. The van der Waals surface area contributed by atoms with E-state index < -0.39 is 0 Å². The van der Waals surface area contributed by atoms with Crippen molar-refractivity contribution in [3.8, 4) is 6.07 Å². The van der Waals surface area contributed by atoms with E-state index in [0.29, 0.717) is 5.56 Å². The third-order valence-electron chi connectivity index (χ3n) is 2.10. The van der Waals surface area contributed by atoms with Crippen LogP contribution < -0.4 is 5.32 Å². The molecule has 16 heavy (non-hydrogen) atoms. The Kier molecular flexibility index (Phi) is 5.17. The van der Waals surface area contributed by atoms with Crippen LogP contribution >= 0.6 is 24.2 Å². The summed E-state index contributed by atoms with van der Waals surface area (Å²) in [7, 11) is 0. The maximum atomic E-state index is 8.65. The normalized spacial score (nSPS) is 13.3. The molecule has 1 aromatic rings. The number of nitrogens with one attached hydrogen (secondary N) is 1. The van der Waals surface area contributed by atoms with Crippen LogP contribution in [0.25, 0.3) is 0 Å². The van der Waals surface area contributed by atoms with E-state index >= 15 is 0 Å². The molecule has 0 saturated heterocycles. The van der Waals surface area contributed by atoms with Gasteiger partial charge in [-0.2, -0.15) is 5.26 Å². The Balaban J connectivity index is 0.00000128. The quantitative estimate of drug-likeness (QED) is 0.879. The van der Waals surface area contributed by atoms with Gasteiger partial charge in [0.15, 0.2) is 5.17 Å². The van der Waals surface area contributed by atoms with Crippen LogP contribution in [-0.4, -0.2) is 18.3 Å². The lowest BCUT2D eigenvalue weighted by atomic mass is 10.2. The Labute approximate surface area is 105 Å². The summed E-state index contributed by atoms with van der Waals surface area (Å²) in [6.07, 6.45) is 0. The van der Waals surface area contributed by atoms with Gasteiger partial charge in [-0.1, -0.05) is 23.9 Å². The first-order valence-electron chi connectivity index (χ1n) is 4.78. The molecule has 0 aromatic heterocycles. The standard InChI is InChI=1S/C11H11N3S.ClH/c12-7-9-1-3-10(4-2-9)8-15-11-13-5-6-14-11;/h1-4H,5-6,8H2,(H,13,14);1H. The number of nitrogens with zero attached hydrogens (tertiary/aromatic N) is 2. The highest BCUT2D eigenvalue weighted by molar-refractivity contribution is 8.13. The first-order chi connectivity index (χ1) is 7.38. The minimum atomic E-state index is 0. The van der Waals surface area contributed by atoms with Crippen molar-refractivity contribution >= 4 is 29.3 Å². The Morgan fingerprint density at radius 3 is 2.69 bits per heavy atom. The molecule has 0 bridgehead atoms. The van der Waals surface area contributed by atoms with Gasteiger partial charge in [-0.3, -0.25) is 4.99 Å². The summed E-state index contributed by atoms with van der Waals surface area (Å²) in [5.41, 5.74) is 1.93. The van der Waals surface area contributed by atoms with Gasteiger partial charge in [0.05, 0.1) is 18.2 Å². The van der Waals surface area contributed by atoms with E-state index in [1.807, 2.05) is 24.3 Å². The molecule has 0 unspecified atom stereocenters. The molecule has 3 nitrogen and oxygen atoms in total. The topological polar surface area (TPSA) is 48.2 Å². The van der Waals surface area contributed by atoms with Gasteiger partial charge in [-0.15, -0.1) is 12.4 Å². The molecular formula is C11H12ClN3S. The molecule has 0 atom stereocenters. The second-order valence-corrected chi connectivity index (χ2v) is 4.18. The molecule has 0 fully saturated rings. The molecule has 0 aliphatic carbocycles. The summed E-state index contributed by atoms with van der Waals surface area (Å²) in [5, 5.41) is 12.9. The smallest absolute Gasteiger partial charge is 0.157 e. The Bertz CT molecular complexity index is 408. The van der Waals surface area contributed by atoms with E-state index in [-0.39, 0.29) is 12.4 Å². The van der Waals surface area contributed by atoms with Crippen LogP contribution in [0, 0.1) is 11.3 Å². The van der Waals surface area contributed by atoms with Crippen molar-refractivity contribution in [3.63, 3.8) is 0 Å². The van der Waals surface area contributed by atoms with Crippen molar-refractivity contribution in [2.45, 2.75) is 5.75 Å². The lowest BCUT2D eigenvalue weighted by molar-refractivity contribution is 0.963. The highest BCUT2D eigenvalue weighted by Gasteiger charge is 2.05. The number of hydrogen-bond acceptors (Lipinski definition) is 4. The van der Waals surface area contributed by atoms with Crippen LogP contribution in [-0.2, 0) is 5.75 Å². The fraction of sp³-hybridized carbons (Fsp3) is 0.273. The molecule has 1 aromatic carbocycles. The molecule has 0 saturated carbocycles. The fourth-order valence-electron chi connectivity index (χ4n) is 1.30. The van der Waals surface area contributed by atoms with E-state index in [9.17, 15) is 0 Å². The summed E-state index contributed by atoms with van der Waals surface area (Å²) in [6.45, 7) is 1.84. The van der Waals surface area contributed by atoms with Gasteiger partial charge >= 0.3 is 0 Å². The molecule has 1 aliphatic rings. The fourth-order valence-corrected chi connectivity index (χ4v) is 2.18. The molecule has 0 radical (unpaired) electrons. The summed E-state index contributed by atoms with van der Waals surface area (Å²) in [6, 6.07) is 9.78. The lowest BCUT2D eigenvalue weighted by Crippen LogP contribution is -2.14. The Hall–Kier alpha value is -1.18. The van der Waals surface area contributed by atoms with Gasteiger partial charge in [0.25, 0.3) is 0 Å². The van der Waals surface area contributed by atoms with Crippen molar-refractivity contribution in [1.29, 1.82) is 5.26 Å². The number of aliphatic imine (C=N–C) groups is 1. The van der Waals surface area contributed by atoms with Crippen LogP contribution in [0.4, 0.5) is 0 Å². The number of rotatable bonds is 2. The second-order valence-electron chi connectivity index (χ2n) is 3.21. The zero-order chi connectivity index (χ0) is 10.5. The van der Waals surface area contributed by atoms with Crippen LogP contribution in [0.3, 0.4) is 0 Å². The van der Waals surface area contributed by atoms with E-state index in [1.165, 1.54) is 5.56 Å². The van der Waals surface area contributed by atoms with Crippen molar-refractivity contribution in [2.75, 3.05) is 13.1 Å². The van der Waals surface area contributed by atoms with Crippen LogP contribution in [0.2, 0.25) is 0 Å². The first-order valence-corrected chi connectivity index (χ1v) is 5.77. The molecule has 2 rings (SSSR count). The predicted octanol–water partition coefficient (Wildman–Crippen LogP) is 2.17. The molecular weight excluding hydrogens is 242 g/mol. The average molecular weight is 254 g/mol. The first kappa shape index (κ1) is 12.9. The number of benzene rings is 1. The largest absolute Gasteiger partial charge is 0.363 e. The molecule has 5 heteroatoms. The maximum Gasteiger partial charge on any atom is 0.157 e. The van der Waals surface area contributed by atoms with E-state index in [1.54, 1.807) is 11.8 Å². The van der Waals surface area contributed by atoms with Crippen molar-refractivity contribution in [2.24, 2.45) is 4.99 Å². The number of hydrogen-bond donors (Lipinski definition) is 1. The third-order valence-corrected chi connectivity index (χ3v) is 3.13. The number of amidine groups is 1. The third kappa shape index (κ3) is 3.44. The minimum absolute atomic E-state index is 0. The van der Waals surface area contributed by atoms with Crippen LogP contribution in [0.15, 0.2) is 29.3 Å². The summed E-state index contributed by atoms with van der Waals surface area (Å²) < 4.78 is 0. The number of halogens is 1. The molecule has 0 amide bonds. The molecule has 1 aliphatic heterocycles. The Morgan fingerprint density at radius 1 is 1.38 bits per heavy atom. The van der Waals surface area contributed by atoms with Gasteiger partial charge in [-0.25, -0.2) is 0 Å². The lowest BCUT2D eigenvalue weighted by Gasteiger charge is -2.02. The number of thioether (sulfide) groups is 1. The monoisotopic (exact) mass is 253 g/mol. The van der Waals surface area contributed by atoms with Crippen LogP contribution in [0.5, 0.6) is 0 Å². The van der Waals surface area contributed by atoms with Crippen molar-refractivity contribution in [1.82, 2.24) is 5.32 Å². The Morgan fingerprint density at radius 2 is 2.12 bits per heavy atom. The second kappa shape index (κ2) is 6.41. The molecule has 1 heterocycles. The number of nitriles is 1. The highest BCUT2D eigenvalue weighted by Crippen LogP contribution is 2.14. The van der Waals surface area contributed by atoms with Gasteiger partial charge in [0.2, 0.25) is 0 Å². The molecule has 0 spiro atoms. The van der Waals surface area contributed by atoms with Gasteiger partial charge < -0.3 is 5.32 Å². The highest BCUT2D eigenvalue weighted by atomic mass is 35.5. The van der Waals surface area contributed by atoms with Gasteiger partial charge in [0.1, 0.15) is 0 Å². The summed E-state index contributed by atoms with van der Waals surface area (Å²) >= 11 is 1.71. The van der Waals surface area contributed by atoms with E-state index in [0.717, 1.165) is 24.0 Å². The van der Waals surface area contributed by atoms with Crippen molar-refractivity contribution in [3.05, 3.63) is 35.4 Å². The minimum Gasteiger partial charge on any atom is -0.363 e. The zero-order valence-corrected chi connectivity index (χ0v) is 10.3.